The third-order valence-electron chi connectivity index (χ3n) is 4.29. The Balaban J connectivity index is 1.95. The van der Waals surface area contributed by atoms with Crippen molar-refractivity contribution in [3.05, 3.63) is 63.2 Å². The first kappa shape index (κ1) is 16.5. The highest BCUT2D eigenvalue weighted by molar-refractivity contribution is 7.98. The summed E-state index contributed by atoms with van der Waals surface area (Å²) in [5.74, 6) is -0.434. The Hall–Kier alpha value is -2.34. The number of nitro groups is 1. The molecule has 1 amide bonds. The Morgan fingerprint density at radius 3 is 2.75 bits per heavy atom. The second-order valence-corrected chi connectivity index (χ2v) is 6.62. The maximum Gasteiger partial charge on any atom is 0.282 e. The van der Waals surface area contributed by atoms with E-state index in [4.69, 9.17) is 0 Å². The number of thioether (sulfide) groups is 1. The molecule has 1 aliphatic carbocycles. The zero-order valence-electron chi connectivity index (χ0n) is 13.4. The van der Waals surface area contributed by atoms with E-state index in [2.05, 4.69) is 11.4 Å². The van der Waals surface area contributed by atoms with Crippen LogP contribution in [0, 0.1) is 10.1 Å². The SMILES string of the molecule is CSc1ccc([N+](=O)[O-])c(C(=O)Nc2cccc3c2CCCC3)c1. The van der Waals surface area contributed by atoms with E-state index in [9.17, 15) is 14.9 Å². The average Bonchev–Trinajstić information content (AvgIpc) is 2.61. The van der Waals surface area contributed by atoms with Crippen LogP contribution in [0.15, 0.2) is 41.3 Å². The number of carbonyl (C=O) groups is 1. The smallest absolute Gasteiger partial charge is 0.282 e. The molecule has 6 heteroatoms. The summed E-state index contributed by atoms with van der Waals surface area (Å²) < 4.78 is 0. The number of carbonyl (C=O) groups excluding carboxylic acids is 1. The molecule has 24 heavy (non-hydrogen) atoms. The average molecular weight is 342 g/mol. The number of rotatable bonds is 4. The number of anilines is 1. The second kappa shape index (κ2) is 7.05. The van der Waals surface area contributed by atoms with Crippen LogP contribution in [0.2, 0.25) is 0 Å². The highest BCUT2D eigenvalue weighted by Crippen LogP contribution is 2.30. The molecule has 0 saturated heterocycles. The molecule has 0 saturated carbocycles. The van der Waals surface area contributed by atoms with Crippen LogP contribution in [0.1, 0.15) is 34.3 Å². The van der Waals surface area contributed by atoms with E-state index in [1.165, 1.54) is 23.4 Å². The van der Waals surface area contributed by atoms with Crippen LogP contribution < -0.4 is 5.32 Å². The van der Waals surface area contributed by atoms with E-state index >= 15 is 0 Å². The summed E-state index contributed by atoms with van der Waals surface area (Å²) in [5, 5.41) is 14.1. The first-order valence-corrected chi connectivity index (χ1v) is 9.07. The lowest BCUT2D eigenvalue weighted by atomic mass is 9.90. The highest BCUT2D eigenvalue weighted by Gasteiger charge is 2.22. The van der Waals surface area contributed by atoms with Crippen LogP contribution in [-0.2, 0) is 12.8 Å². The maximum absolute atomic E-state index is 12.7. The number of nitrogens with one attached hydrogen (secondary N) is 1. The quantitative estimate of drug-likeness (QED) is 0.506. The number of nitrogens with zero attached hydrogens (tertiary/aromatic N) is 1. The number of fused-ring (bicyclic) bond motifs is 1. The summed E-state index contributed by atoms with van der Waals surface area (Å²) in [5.41, 5.74) is 3.10. The summed E-state index contributed by atoms with van der Waals surface area (Å²) in [6.07, 6.45) is 6.07. The van der Waals surface area contributed by atoms with E-state index in [1.807, 2.05) is 18.4 Å². The van der Waals surface area contributed by atoms with Crippen molar-refractivity contribution in [2.24, 2.45) is 0 Å². The van der Waals surface area contributed by atoms with Gasteiger partial charge in [0.25, 0.3) is 11.6 Å². The molecule has 124 valence electrons. The van der Waals surface area contributed by atoms with E-state index < -0.39 is 10.8 Å². The topological polar surface area (TPSA) is 72.2 Å². The monoisotopic (exact) mass is 342 g/mol. The number of aryl methyl sites for hydroxylation is 1. The molecule has 1 aliphatic rings. The molecular weight excluding hydrogens is 324 g/mol. The van der Waals surface area contributed by atoms with Gasteiger partial charge in [-0.2, -0.15) is 0 Å². The molecule has 0 heterocycles. The first-order valence-electron chi connectivity index (χ1n) is 7.84. The summed E-state index contributed by atoms with van der Waals surface area (Å²) >= 11 is 1.45. The van der Waals surface area contributed by atoms with Crippen LogP contribution in [0.4, 0.5) is 11.4 Å². The minimum Gasteiger partial charge on any atom is -0.322 e. The molecule has 2 aromatic carbocycles. The van der Waals surface area contributed by atoms with Crippen molar-refractivity contribution in [1.29, 1.82) is 0 Å². The Morgan fingerprint density at radius 1 is 1.21 bits per heavy atom. The van der Waals surface area contributed by atoms with Crippen molar-refractivity contribution in [2.45, 2.75) is 30.6 Å². The molecule has 0 bridgehead atoms. The van der Waals surface area contributed by atoms with Crippen LogP contribution in [0.3, 0.4) is 0 Å². The number of nitro benzene ring substituents is 1. The molecule has 0 aliphatic heterocycles. The van der Waals surface area contributed by atoms with Crippen LogP contribution >= 0.6 is 11.8 Å². The fraction of sp³-hybridized carbons (Fsp3) is 0.278. The Morgan fingerprint density at radius 2 is 2.00 bits per heavy atom. The van der Waals surface area contributed by atoms with Crippen molar-refractivity contribution in [2.75, 3.05) is 11.6 Å². The Kier molecular flexibility index (Phi) is 4.85. The third kappa shape index (κ3) is 3.28. The van der Waals surface area contributed by atoms with Crippen molar-refractivity contribution in [3.8, 4) is 0 Å². The van der Waals surface area contributed by atoms with E-state index in [1.54, 1.807) is 12.1 Å². The number of benzene rings is 2. The van der Waals surface area contributed by atoms with Gasteiger partial charge in [-0.05, 0) is 61.3 Å². The predicted molar refractivity (Wildman–Crippen MR) is 95.9 cm³/mol. The molecule has 0 fully saturated rings. The van der Waals surface area contributed by atoms with Gasteiger partial charge in [0.1, 0.15) is 5.56 Å². The summed E-state index contributed by atoms with van der Waals surface area (Å²) in [6, 6.07) is 10.5. The fourth-order valence-electron chi connectivity index (χ4n) is 3.07. The van der Waals surface area contributed by atoms with Gasteiger partial charge >= 0.3 is 0 Å². The normalized spacial score (nSPS) is 13.2. The van der Waals surface area contributed by atoms with Crippen molar-refractivity contribution >= 4 is 29.0 Å². The van der Waals surface area contributed by atoms with E-state index in [-0.39, 0.29) is 11.3 Å². The number of hydrogen-bond donors (Lipinski definition) is 1. The van der Waals surface area contributed by atoms with Gasteiger partial charge in [0.05, 0.1) is 4.92 Å². The summed E-state index contributed by atoms with van der Waals surface area (Å²) in [6.45, 7) is 0. The summed E-state index contributed by atoms with van der Waals surface area (Å²) in [4.78, 5) is 24.2. The molecule has 0 aromatic heterocycles. The molecule has 0 unspecified atom stereocenters. The lowest BCUT2D eigenvalue weighted by Gasteiger charge is -2.19. The highest BCUT2D eigenvalue weighted by atomic mass is 32.2. The molecule has 2 aromatic rings. The Labute approximate surface area is 144 Å². The lowest BCUT2D eigenvalue weighted by molar-refractivity contribution is -0.385. The number of amides is 1. The van der Waals surface area contributed by atoms with Crippen molar-refractivity contribution in [1.82, 2.24) is 0 Å². The van der Waals surface area contributed by atoms with Gasteiger partial charge in [-0.1, -0.05) is 12.1 Å². The van der Waals surface area contributed by atoms with Gasteiger partial charge in [0.2, 0.25) is 0 Å². The predicted octanol–water partition coefficient (Wildman–Crippen LogP) is 4.45. The van der Waals surface area contributed by atoms with Crippen LogP contribution in [0.5, 0.6) is 0 Å². The molecule has 0 atom stereocenters. The fourth-order valence-corrected chi connectivity index (χ4v) is 3.51. The zero-order chi connectivity index (χ0) is 17.1. The van der Waals surface area contributed by atoms with Crippen LogP contribution in [-0.4, -0.2) is 17.1 Å². The van der Waals surface area contributed by atoms with Gasteiger partial charge in [-0.15, -0.1) is 11.8 Å². The molecule has 5 nitrogen and oxygen atoms in total. The van der Waals surface area contributed by atoms with Crippen molar-refractivity contribution < 1.29 is 9.72 Å². The molecular formula is C18H18N2O3S. The van der Waals surface area contributed by atoms with Gasteiger partial charge in [-0.3, -0.25) is 14.9 Å². The zero-order valence-corrected chi connectivity index (χ0v) is 14.2. The summed E-state index contributed by atoms with van der Waals surface area (Å²) in [7, 11) is 0. The van der Waals surface area contributed by atoms with Crippen molar-refractivity contribution in [3.63, 3.8) is 0 Å². The minimum absolute atomic E-state index is 0.0975. The van der Waals surface area contributed by atoms with Gasteiger partial charge in [0.15, 0.2) is 0 Å². The molecule has 1 N–H and O–H groups in total. The second-order valence-electron chi connectivity index (χ2n) is 5.74. The van der Waals surface area contributed by atoms with E-state index in [0.29, 0.717) is 0 Å². The lowest BCUT2D eigenvalue weighted by Crippen LogP contribution is -2.17. The first-order chi connectivity index (χ1) is 11.6. The standard InChI is InChI=1S/C18H18N2O3S/c1-24-13-9-10-17(20(22)23)15(11-13)18(21)19-16-8-4-6-12-5-2-3-7-14(12)16/h4,6,8-11H,2-3,5,7H2,1H3,(H,19,21). The Bertz CT molecular complexity index is 805. The van der Waals surface area contributed by atoms with Gasteiger partial charge in [-0.25, -0.2) is 0 Å². The minimum atomic E-state index is -0.514. The molecule has 0 radical (unpaired) electrons. The van der Waals surface area contributed by atoms with Gasteiger partial charge < -0.3 is 5.32 Å². The molecule has 0 spiro atoms. The van der Waals surface area contributed by atoms with E-state index in [0.717, 1.165) is 41.8 Å². The van der Waals surface area contributed by atoms with Gasteiger partial charge in [0, 0.05) is 16.6 Å². The van der Waals surface area contributed by atoms with Crippen LogP contribution in [0.25, 0.3) is 0 Å². The largest absolute Gasteiger partial charge is 0.322 e. The number of hydrogen-bond acceptors (Lipinski definition) is 4. The molecule has 3 rings (SSSR count). The third-order valence-corrected chi connectivity index (χ3v) is 5.01. The maximum atomic E-state index is 12.7.